The van der Waals surface area contributed by atoms with E-state index in [-0.39, 0.29) is 11.8 Å². The number of anilines is 1. The number of carbonyl (C=O) groups excluding carboxylic acids is 2. The maximum Gasteiger partial charge on any atom is 0.242 e. The van der Waals surface area contributed by atoms with Crippen LogP contribution in [0, 0.1) is 3.57 Å². The highest BCUT2D eigenvalue weighted by Crippen LogP contribution is 2.24. The van der Waals surface area contributed by atoms with Gasteiger partial charge in [-0.2, -0.15) is 0 Å². The molecule has 1 aromatic rings. The van der Waals surface area contributed by atoms with Gasteiger partial charge in [0.2, 0.25) is 5.91 Å². The van der Waals surface area contributed by atoms with Gasteiger partial charge in [0.05, 0.1) is 11.7 Å². The Morgan fingerprint density at radius 2 is 2.19 bits per heavy atom. The van der Waals surface area contributed by atoms with Crippen molar-refractivity contribution in [2.45, 2.75) is 13.0 Å². The third-order valence-corrected chi connectivity index (χ3v) is 3.24. The van der Waals surface area contributed by atoms with Crippen molar-refractivity contribution in [3.63, 3.8) is 0 Å². The highest BCUT2D eigenvalue weighted by Gasteiger charge is 2.22. The minimum atomic E-state index is -0.512. The van der Waals surface area contributed by atoms with Crippen LogP contribution in [0.25, 0.3) is 0 Å². The molecule has 0 heterocycles. The topological polar surface area (TPSA) is 37.4 Å². The first-order valence-corrected chi connectivity index (χ1v) is 6.31. The van der Waals surface area contributed by atoms with Crippen molar-refractivity contribution in [3.8, 4) is 0 Å². The average molecular weight is 352 g/mol. The number of alkyl halides is 1. The van der Waals surface area contributed by atoms with E-state index in [2.05, 4.69) is 22.6 Å². The Kier molecular flexibility index (Phi) is 5.21. The lowest BCUT2D eigenvalue weighted by atomic mass is 10.2. The van der Waals surface area contributed by atoms with E-state index in [1.807, 2.05) is 18.2 Å². The molecule has 86 valence electrons. The minimum Gasteiger partial charge on any atom is -0.301 e. The van der Waals surface area contributed by atoms with Gasteiger partial charge < -0.3 is 9.69 Å². The van der Waals surface area contributed by atoms with E-state index in [9.17, 15) is 9.59 Å². The monoisotopic (exact) mass is 351 g/mol. The summed E-state index contributed by atoms with van der Waals surface area (Å²) in [5, 5.41) is 0. The number of hydrogen-bond donors (Lipinski definition) is 0. The zero-order valence-electron chi connectivity index (χ0n) is 8.69. The van der Waals surface area contributed by atoms with E-state index in [0.29, 0.717) is 5.69 Å². The number of benzene rings is 1. The van der Waals surface area contributed by atoms with Crippen molar-refractivity contribution < 1.29 is 9.59 Å². The quantitative estimate of drug-likeness (QED) is 0.475. The van der Waals surface area contributed by atoms with Crippen LogP contribution in [0.5, 0.6) is 0 Å². The molecule has 0 bridgehead atoms. The number of nitrogens with zero attached hydrogens (tertiary/aromatic N) is 1. The number of halogens is 2. The molecule has 0 radical (unpaired) electrons. The molecule has 0 N–H and O–H groups in total. The van der Waals surface area contributed by atoms with Crippen LogP contribution >= 0.6 is 34.2 Å². The second-order valence-corrected chi connectivity index (χ2v) is 4.65. The van der Waals surface area contributed by atoms with Crippen LogP contribution in [0.15, 0.2) is 24.3 Å². The predicted octanol–water partition coefficient (Wildman–Crippen LogP) is 2.45. The standard InChI is InChI=1S/C11H11ClINO2/c1-8(7-15)14(11(16)6-12)10-5-3-2-4-9(10)13/h2-5,7-8H,6H2,1H3/t8-/m1/s1. The lowest BCUT2D eigenvalue weighted by Gasteiger charge is -2.26. The first-order valence-electron chi connectivity index (χ1n) is 4.69. The summed E-state index contributed by atoms with van der Waals surface area (Å²) in [6.45, 7) is 1.67. The Balaban J connectivity index is 3.16. The molecule has 16 heavy (non-hydrogen) atoms. The molecule has 1 amide bonds. The van der Waals surface area contributed by atoms with Gasteiger partial charge >= 0.3 is 0 Å². The molecular weight excluding hydrogens is 340 g/mol. The zero-order chi connectivity index (χ0) is 12.1. The van der Waals surface area contributed by atoms with Crippen molar-refractivity contribution in [3.05, 3.63) is 27.8 Å². The van der Waals surface area contributed by atoms with E-state index in [0.717, 1.165) is 9.86 Å². The molecular formula is C11H11ClINO2. The normalized spacial score (nSPS) is 11.9. The molecule has 1 rings (SSSR count). The van der Waals surface area contributed by atoms with Gasteiger partial charge in [0.15, 0.2) is 0 Å². The Hall–Kier alpha value is -0.620. The minimum absolute atomic E-state index is 0.136. The Bertz CT molecular complexity index is 397. The second-order valence-electron chi connectivity index (χ2n) is 3.23. The fourth-order valence-electron chi connectivity index (χ4n) is 1.35. The Morgan fingerprint density at radius 1 is 1.56 bits per heavy atom. The van der Waals surface area contributed by atoms with E-state index in [4.69, 9.17) is 11.6 Å². The average Bonchev–Trinajstić information content (AvgIpc) is 2.31. The van der Waals surface area contributed by atoms with Crippen LogP contribution in [0.4, 0.5) is 5.69 Å². The van der Waals surface area contributed by atoms with Gasteiger partial charge in [-0.25, -0.2) is 0 Å². The maximum atomic E-state index is 11.7. The lowest BCUT2D eigenvalue weighted by Crippen LogP contribution is -2.41. The van der Waals surface area contributed by atoms with Crippen LogP contribution in [0.3, 0.4) is 0 Å². The molecule has 0 unspecified atom stereocenters. The van der Waals surface area contributed by atoms with Crippen molar-refractivity contribution in [1.82, 2.24) is 0 Å². The molecule has 0 aliphatic carbocycles. The Labute approximate surface area is 113 Å². The molecule has 0 fully saturated rings. The Morgan fingerprint density at radius 3 is 2.69 bits per heavy atom. The molecule has 0 aliphatic rings. The van der Waals surface area contributed by atoms with Crippen molar-refractivity contribution in [2.75, 3.05) is 10.8 Å². The smallest absolute Gasteiger partial charge is 0.242 e. The lowest BCUT2D eigenvalue weighted by molar-refractivity contribution is -0.118. The molecule has 0 saturated heterocycles. The number of hydrogen-bond acceptors (Lipinski definition) is 2. The summed E-state index contributed by atoms with van der Waals surface area (Å²) in [4.78, 5) is 23.9. The summed E-state index contributed by atoms with van der Waals surface area (Å²) in [5.41, 5.74) is 0.716. The highest BCUT2D eigenvalue weighted by molar-refractivity contribution is 14.1. The van der Waals surface area contributed by atoms with E-state index < -0.39 is 6.04 Å². The summed E-state index contributed by atoms with van der Waals surface area (Å²) < 4.78 is 0.910. The third-order valence-electron chi connectivity index (χ3n) is 2.10. The molecule has 1 aromatic carbocycles. The highest BCUT2D eigenvalue weighted by atomic mass is 127. The fourth-order valence-corrected chi connectivity index (χ4v) is 2.13. The summed E-state index contributed by atoms with van der Waals surface area (Å²) in [6.07, 6.45) is 0.730. The van der Waals surface area contributed by atoms with Gasteiger partial charge in [0.1, 0.15) is 12.2 Å². The van der Waals surface area contributed by atoms with Gasteiger partial charge in [0, 0.05) is 3.57 Å². The number of carbonyl (C=O) groups is 2. The van der Waals surface area contributed by atoms with Gasteiger partial charge in [-0.05, 0) is 41.6 Å². The van der Waals surface area contributed by atoms with Gasteiger partial charge in [-0.3, -0.25) is 4.79 Å². The van der Waals surface area contributed by atoms with Gasteiger partial charge in [-0.1, -0.05) is 12.1 Å². The molecule has 5 heteroatoms. The van der Waals surface area contributed by atoms with Crippen molar-refractivity contribution in [2.24, 2.45) is 0 Å². The molecule has 0 aliphatic heterocycles. The zero-order valence-corrected chi connectivity index (χ0v) is 11.6. The first kappa shape index (κ1) is 13.4. The SMILES string of the molecule is C[C@H](C=O)N(C(=O)CCl)c1ccccc1I. The predicted molar refractivity (Wildman–Crippen MR) is 72.9 cm³/mol. The van der Waals surface area contributed by atoms with Crippen LogP contribution in [-0.4, -0.2) is 24.1 Å². The molecule has 3 nitrogen and oxygen atoms in total. The number of para-hydroxylation sites is 1. The van der Waals surface area contributed by atoms with E-state index in [1.54, 1.807) is 13.0 Å². The molecule has 0 saturated carbocycles. The second kappa shape index (κ2) is 6.20. The van der Waals surface area contributed by atoms with Gasteiger partial charge in [0.25, 0.3) is 0 Å². The summed E-state index contributed by atoms with van der Waals surface area (Å²) >= 11 is 7.66. The van der Waals surface area contributed by atoms with E-state index >= 15 is 0 Å². The summed E-state index contributed by atoms with van der Waals surface area (Å²) in [5.74, 6) is -0.409. The van der Waals surface area contributed by atoms with Crippen molar-refractivity contribution >= 4 is 52.1 Å². The summed E-state index contributed by atoms with van der Waals surface area (Å²) in [7, 11) is 0. The third kappa shape index (κ3) is 2.95. The number of aldehydes is 1. The van der Waals surface area contributed by atoms with Crippen LogP contribution in [0.2, 0.25) is 0 Å². The van der Waals surface area contributed by atoms with Crippen LogP contribution in [-0.2, 0) is 9.59 Å². The first-order chi connectivity index (χ1) is 7.61. The number of amides is 1. The largest absolute Gasteiger partial charge is 0.301 e. The van der Waals surface area contributed by atoms with Crippen LogP contribution < -0.4 is 4.90 Å². The maximum absolute atomic E-state index is 11.7. The summed E-state index contributed by atoms with van der Waals surface area (Å²) in [6, 6.07) is 6.86. The molecule has 1 atom stereocenters. The van der Waals surface area contributed by atoms with E-state index in [1.165, 1.54) is 4.90 Å². The molecule has 0 spiro atoms. The van der Waals surface area contributed by atoms with Crippen molar-refractivity contribution in [1.29, 1.82) is 0 Å². The van der Waals surface area contributed by atoms with Crippen LogP contribution in [0.1, 0.15) is 6.92 Å². The fraction of sp³-hybridized carbons (Fsp3) is 0.273. The number of rotatable bonds is 4. The van der Waals surface area contributed by atoms with Gasteiger partial charge in [-0.15, -0.1) is 11.6 Å². The molecule has 0 aromatic heterocycles.